The zero-order valence-corrected chi connectivity index (χ0v) is 12.4. The molecule has 0 amide bonds. The van der Waals surface area contributed by atoms with Crippen LogP contribution in [0.15, 0.2) is 22.7 Å². The summed E-state index contributed by atoms with van der Waals surface area (Å²) in [5.41, 5.74) is 0.565. The monoisotopic (exact) mass is 356 g/mol. The standard InChI is InChI=1S/C11H12BrF3N2OS/c1-2-5-16-10(19)17-7-3-4-9(8(12)6-7)18-11(13,14)15/h3-4,6H,2,5H2,1H3,(H2,16,17,19). The van der Waals surface area contributed by atoms with Crippen molar-refractivity contribution < 1.29 is 17.9 Å². The van der Waals surface area contributed by atoms with Crippen LogP contribution >= 0.6 is 28.1 Å². The van der Waals surface area contributed by atoms with Gasteiger partial charge in [0.05, 0.1) is 4.47 Å². The molecule has 8 heteroatoms. The number of thiocarbonyl (C=S) groups is 1. The van der Waals surface area contributed by atoms with Gasteiger partial charge in [0, 0.05) is 12.2 Å². The number of anilines is 1. The molecule has 0 radical (unpaired) electrons. The number of benzene rings is 1. The lowest BCUT2D eigenvalue weighted by Gasteiger charge is -2.13. The molecule has 0 heterocycles. The van der Waals surface area contributed by atoms with Crippen LogP contribution < -0.4 is 15.4 Å². The molecule has 3 nitrogen and oxygen atoms in total. The van der Waals surface area contributed by atoms with E-state index < -0.39 is 6.36 Å². The Balaban J connectivity index is 2.69. The van der Waals surface area contributed by atoms with E-state index >= 15 is 0 Å². The van der Waals surface area contributed by atoms with Crippen molar-refractivity contribution in [1.29, 1.82) is 0 Å². The molecule has 0 aliphatic heterocycles. The first kappa shape index (κ1) is 16.0. The third-order valence-corrected chi connectivity index (χ3v) is 2.82. The van der Waals surface area contributed by atoms with Crippen molar-refractivity contribution in [2.75, 3.05) is 11.9 Å². The van der Waals surface area contributed by atoms with Crippen LogP contribution in [0.2, 0.25) is 0 Å². The first-order valence-corrected chi connectivity index (χ1v) is 6.62. The predicted octanol–water partition coefficient (Wildman–Crippen LogP) is 4.04. The number of alkyl halides is 3. The highest BCUT2D eigenvalue weighted by atomic mass is 79.9. The number of nitrogens with one attached hydrogen (secondary N) is 2. The summed E-state index contributed by atoms with van der Waals surface area (Å²) in [7, 11) is 0. The summed E-state index contributed by atoms with van der Waals surface area (Å²) in [4.78, 5) is 0. The summed E-state index contributed by atoms with van der Waals surface area (Å²) in [5, 5.41) is 6.22. The predicted molar refractivity (Wildman–Crippen MR) is 75.3 cm³/mol. The lowest BCUT2D eigenvalue weighted by Crippen LogP contribution is -2.28. The van der Waals surface area contributed by atoms with E-state index in [4.69, 9.17) is 12.2 Å². The molecule has 0 aromatic heterocycles. The van der Waals surface area contributed by atoms with E-state index in [1.807, 2.05) is 6.92 Å². The lowest BCUT2D eigenvalue weighted by molar-refractivity contribution is -0.274. The molecule has 106 valence electrons. The van der Waals surface area contributed by atoms with Crippen LogP contribution in [0.4, 0.5) is 18.9 Å². The van der Waals surface area contributed by atoms with Crippen molar-refractivity contribution in [2.24, 2.45) is 0 Å². The molecule has 1 aromatic rings. The average Bonchev–Trinajstić information content (AvgIpc) is 2.28. The molecular formula is C11H12BrF3N2OS. The van der Waals surface area contributed by atoms with Crippen molar-refractivity contribution in [2.45, 2.75) is 19.7 Å². The van der Waals surface area contributed by atoms with Crippen molar-refractivity contribution >= 4 is 38.9 Å². The van der Waals surface area contributed by atoms with Crippen molar-refractivity contribution in [3.05, 3.63) is 22.7 Å². The third-order valence-electron chi connectivity index (χ3n) is 1.95. The molecule has 0 saturated heterocycles. The molecule has 0 aliphatic rings. The van der Waals surface area contributed by atoms with Gasteiger partial charge in [0.25, 0.3) is 0 Å². The summed E-state index contributed by atoms with van der Waals surface area (Å²) in [5.74, 6) is -0.300. The smallest absolute Gasteiger partial charge is 0.405 e. The van der Waals surface area contributed by atoms with Crippen molar-refractivity contribution in [3.8, 4) is 5.75 Å². The largest absolute Gasteiger partial charge is 0.573 e. The van der Waals surface area contributed by atoms with Crippen LogP contribution in [0.5, 0.6) is 5.75 Å². The number of hydrogen-bond acceptors (Lipinski definition) is 2. The highest BCUT2D eigenvalue weighted by Gasteiger charge is 2.31. The van der Waals surface area contributed by atoms with Gasteiger partial charge in [-0.15, -0.1) is 13.2 Å². The van der Waals surface area contributed by atoms with Crippen molar-refractivity contribution in [1.82, 2.24) is 5.32 Å². The summed E-state index contributed by atoms with van der Waals surface area (Å²) < 4.78 is 40.3. The van der Waals surface area contributed by atoms with E-state index in [0.717, 1.165) is 13.0 Å². The van der Waals surface area contributed by atoms with Gasteiger partial charge in [0.1, 0.15) is 5.75 Å². The Morgan fingerprint density at radius 3 is 2.63 bits per heavy atom. The SMILES string of the molecule is CCCNC(=S)Nc1ccc(OC(F)(F)F)c(Br)c1. The zero-order chi connectivity index (χ0) is 14.5. The third kappa shape index (κ3) is 6.11. The van der Waals surface area contributed by atoms with E-state index in [9.17, 15) is 13.2 Å². The van der Waals surface area contributed by atoms with Crippen LogP contribution in [-0.2, 0) is 0 Å². The molecule has 0 bridgehead atoms. The Bertz CT molecular complexity index is 454. The summed E-state index contributed by atoms with van der Waals surface area (Å²) in [6.07, 6.45) is -3.79. The highest BCUT2D eigenvalue weighted by molar-refractivity contribution is 9.10. The van der Waals surface area contributed by atoms with Gasteiger partial charge in [0.2, 0.25) is 0 Å². The zero-order valence-electron chi connectivity index (χ0n) is 9.97. The fourth-order valence-electron chi connectivity index (χ4n) is 1.20. The molecule has 2 N–H and O–H groups in total. The molecule has 19 heavy (non-hydrogen) atoms. The van der Waals surface area contributed by atoms with E-state index in [1.54, 1.807) is 0 Å². The number of ether oxygens (including phenoxy) is 1. The molecule has 1 rings (SSSR count). The summed E-state index contributed by atoms with van der Waals surface area (Å²) in [6, 6.07) is 4.12. The highest BCUT2D eigenvalue weighted by Crippen LogP contribution is 2.32. The fraction of sp³-hybridized carbons (Fsp3) is 0.364. The average molecular weight is 357 g/mol. The number of rotatable bonds is 4. The maximum absolute atomic E-state index is 12.1. The minimum Gasteiger partial charge on any atom is -0.405 e. The van der Waals surface area contributed by atoms with Gasteiger partial charge in [-0.3, -0.25) is 0 Å². The second-order valence-corrected chi connectivity index (χ2v) is 4.84. The van der Waals surface area contributed by atoms with E-state index in [0.29, 0.717) is 10.8 Å². The minimum absolute atomic E-state index is 0.188. The molecule has 0 aliphatic carbocycles. The lowest BCUT2D eigenvalue weighted by atomic mass is 10.3. The molecule has 1 aromatic carbocycles. The normalized spacial score (nSPS) is 11.0. The first-order valence-electron chi connectivity index (χ1n) is 5.42. The molecule has 0 saturated carbocycles. The van der Waals surface area contributed by atoms with Gasteiger partial charge in [-0.25, -0.2) is 0 Å². The Hall–Kier alpha value is -1.02. The van der Waals surface area contributed by atoms with E-state index in [-0.39, 0.29) is 10.2 Å². The maximum atomic E-state index is 12.1. The summed E-state index contributed by atoms with van der Waals surface area (Å²) in [6.45, 7) is 2.72. The van der Waals surface area contributed by atoms with Gasteiger partial charge in [0.15, 0.2) is 5.11 Å². The fourth-order valence-corrected chi connectivity index (χ4v) is 1.88. The van der Waals surface area contributed by atoms with Crippen LogP contribution in [0.1, 0.15) is 13.3 Å². The Labute approximate surface area is 122 Å². The molecule has 0 fully saturated rings. The van der Waals surface area contributed by atoms with Crippen LogP contribution in [-0.4, -0.2) is 18.0 Å². The molecule has 0 unspecified atom stereocenters. The van der Waals surface area contributed by atoms with E-state index in [1.165, 1.54) is 18.2 Å². The first-order chi connectivity index (χ1) is 8.81. The molecular weight excluding hydrogens is 345 g/mol. The van der Waals surface area contributed by atoms with Crippen LogP contribution in [0.25, 0.3) is 0 Å². The second-order valence-electron chi connectivity index (χ2n) is 3.57. The van der Waals surface area contributed by atoms with Gasteiger partial charge in [-0.2, -0.15) is 0 Å². The Morgan fingerprint density at radius 2 is 2.11 bits per heavy atom. The quantitative estimate of drug-likeness (QED) is 0.797. The topological polar surface area (TPSA) is 33.3 Å². The van der Waals surface area contributed by atoms with E-state index in [2.05, 4.69) is 31.3 Å². The Morgan fingerprint density at radius 1 is 1.42 bits per heavy atom. The molecule has 0 spiro atoms. The maximum Gasteiger partial charge on any atom is 0.573 e. The Kier molecular flexibility index (Phi) is 5.86. The van der Waals surface area contributed by atoms with Gasteiger partial charge < -0.3 is 15.4 Å². The number of halogens is 4. The van der Waals surface area contributed by atoms with Gasteiger partial charge in [-0.1, -0.05) is 6.92 Å². The van der Waals surface area contributed by atoms with Crippen LogP contribution in [0, 0.1) is 0 Å². The molecule has 0 atom stereocenters. The minimum atomic E-state index is -4.71. The number of hydrogen-bond donors (Lipinski definition) is 2. The second kappa shape index (κ2) is 6.95. The van der Waals surface area contributed by atoms with Gasteiger partial charge in [-0.05, 0) is 52.8 Å². The van der Waals surface area contributed by atoms with Gasteiger partial charge >= 0.3 is 6.36 Å². The van der Waals surface area contributed by atoms with Crippen LogP contribution in [0.3, 0.4) is 0 Å². The van der Waals surface area contributed by atoms with Crippen molar-refractivity contribution in [3.63, 3.8) is 0 Å². The summed E-state index contributed by atoms with van der Waals surface area (Å²) >= 11 is 8.03.